The molecule has 1 saturated heterocycles. The highest BCUT2D eigenvalue weighted by Crippen LogP contribution is 2.15. The number of hydrogen-bond donors (Lipinski definition) is 2. The summed E-state index contributed by atoms with van der Waals surface area (Å²) < 4.78 is 1.64. The van der Waals surface area contributed by atoms with Crippen molar-refractivity contribution in [2.24, 2.45) is 5.92 Å². The number of carbonyl (C=O) groups is 1. The van der Waals surface area contributed by atoms with Gasteiger partial charge in [-0.2, -0.15) is 0 Å². The summed E-state index contributed by atoms with van der Waals surface area (Å²) in [7, 11) is 0. The molecule has 8 heteroatoms. The summed E-state index contributed by atoms with van der Waals surface area (Å²) in [6.07, 6.45) is 4.12. The van der Waals surface area contributed by atoms with Crippen LogP contribution in [-0.2, 0) is 6.54 Å². The molecule has 0 atom stereocenters. The third kappa shape index (κ3) is 4.16. The zero-order valence-electron chi connectivity index (χ0n) is 10.9. The molecule has 0 bridgehead atoms. The van der Waals surface area contributed by atoms with Crippen molar-refractivity contribution < 1.29 is 9.90 Å². The van der Waals surface area contributed by atoms with Crippen LogP contribution < -0.4 is 5.32 Å². The molecule has 0 aromatic carbocycles. The number of likely N-dealkylation sites (tertiary alicyclic amines) is 1. The van der Waals surface area contributed by atoms with Crippen molar-refractivity contribution in [1.82, 2.24) is 30.4 Å². The van der Waals surface area contributed by atoms with Gasteiger partial charge in [0.05, 0.1) is 0 Å². The van der Waals surface area contributed by atoms with Gasteiger partial charge in [0.15, 0.2) is 0 Å². The summed E-state index contributed by atoms with van der Waals surface area (Å²) in [5.74, 6) is 0.351. The van der Waals surface area contributed by atoms with E-state index in [0.29, 0.717) is 19.0 Å². The Morgan fingerprint density at radius 2 is 2.21 bits per heavy atom. The van der Waals surface area contributed by atoms with E-state index in [4.69, 9.17) is 5.11 Å². The summed E-state index contributed by atoms with van der Waals surface area (Å²) in [4.78, 5) is 13.7. The summed E-state index contributed by atoms with van der Waals surface area (Å²) >= 11 is 0. The van der Waals surface area contributed by atoms with Crippen molar-refractivity contribution in [1.29, 1.82) is 0 Å². The number of nitrogens with zero attached hydrogens (tertiary/aromatic N) is 5. The van der Waals surface area contributed by atoms with Gasteiger partial charge in [-0.15, -0.1) is 5.10 Å². The highest BCUT2D eigenvalue weighted by atomic mass is 16.3. The molecule has 0 aliphatic carbocycles. The van der Waals surface area contributed by atoms with Crippen molar-refractivity contribution in [3.05, 3.63) is 6.33 Å². The SMILES string of the molecule is O=C(NCCCn1cnnn1)N1CCC(CO)CC1. The second-order valence-corrected chi connectivity index (χ2v) is 4.77. The van der Waals surface area contributed by atoms with Gasteiger partial charge in [-0.1, -0.05) is 0 Å². The third-order valence-corrected chi connectivity index (χ3v) is 3.39. The van der Waals surface area contributed by atoms with Crippen molar-refractivity contribution in [3.63, 3.8) is 0 Å². The Morgan fingerprint density at radius 1 is 1.42 bits per heavy atom. The van der Waals surface area contributed by atoms with Crippen molar-refractivity contribution in [2.75, 3.05) is 26.2 Å². The highest BCUT2D eigenvalue weighted by Gasteiger charge is 2.21. The first-order chi connectivity index (χ1) is 9.29. The number of tetrazole rings is 1. The molecule has 0 spiro atoms. The van der Waals surface area contributed by atoms with E-state index in [1.165, 1.54) is 0 Å². The van der Waals surface area contributed by atoms with Gasteiger partial charge in [0.2, 0.25) is 0 Å². The van der Waals surface area contributed by atoms with E-state index < -0.39 is 0 Å². The van der Waals surface area contributed by atoms with E-state index in [2.05, 4.69) is 20.8 Å². The fraction of sp³-hybridized carbons (Fsp3) is 0.818. The molecule has 1 aromatic heterocycles. The molecule has 106 valence electrons. The molecule has 19 heavy (non-hydrogen) atoms. The Bertz CT molecular complexity index is 375. The van der Waals surface area contributed by atoms with Crippen LogP contribution in [0.2, 0.25) is 0 Å². The van der Waals surface area contributed by atoms with Crippen LogP contribution in [0.4, 0.5) is 4.79 Å². The van der Waals surface area contributed by atoms with Crippen LogP contribution in [0.1, 0.15) is 19.3 Å². The van der Waals surface area contributed by atoms with E-state index >= 15 is 0 Å². The van der Waals surface area contributed by atoms with Crippen molar-refractivity contribution >= 4 is 6.03 Å². The van der Waals surface area contributed by atoms with Crippen LogP contribution in [0, 0.1) is 5.92 Å². The summed E-state index contributed by atoms with van der Waals surface area (Å²) in [6, 6.07) is -0.0203. The highest BCUT2D eigenvalue weighted by molar-refractivity contribution is 5.74. The number of hydrogen-bond acceptors (Lipinski definition) is 5. The molecule has 0 saturated carbocycles. The van der Waals surface area contributed by atoms with Crippen LogP contribution >= 0.6 is 0 Å². The Hall–Kier alpha value is -1.70. The Kier molecular flexibility index (Phi) is 5.08. The van der Waals surface area contributed by atoms with Gasteiger partial charge in [-0.3, -0.25) is 0 Å². The van der Waals surface area contributed by atoms with Crippen LogP contribution in [0.15, 0.2) is 6.33 Å². The molecule has 2 heterocycles. The maximum atomic E-state index is 11.9. The Balaban J connectivity index is 1.59. The summed E-state index contributed by atoms with van der Waals surface area (Å²) in [5.41, 5.74) is 0. The number of aryl methyl sites for hydroxylation is 1. The first-order valence-electron chi connectivity index (χ1n) is 6.64. The molecule has 1 aromatic rings. The van der Waals surface area contributed by atoms with Gasteiger partial charge < -0.3 is 15.3 Å². The number of aromatic nitrogens is 4. The van der Waals surface area contributed by atoms with Crippen molar-refractivity contribution in [2.45, 2.75) is 25.8 Å². The van der Waals surface area contributed by atoms with Gasteiger partial charge in [-0.25, -0.2) is 9.48 Å². The van der Waals surface area contributed by atoms with Crippen LogP contribution in [0.3, 0.4) is 0 Å². The van der Waals surface area contributed by atoms with Crippen LogP contribution in [0.25, 0.3) is 0 Å². The molecule has 0 unspecified atom stereocenters. The fourth-order valence-corrected chi connectivity index (χ4v) is 2.15. The molecule has 0 radical (unpaired) electrons. The van der Waals surface area contributed by atoms with Gasteiger partial charge in [0.25, 0.3) is 0 Å². The lowest BCUT2D eigenvalue weighted by atomic mass is 9.98. The largest absolute Gasteiger partial charge is 0.396 e. The lowest BCUT2D eigenvalue weighted by molar-refractivity contribution is 0.137. The summed E-state index contributed by atoms with van der Waals surface area (Å²) in [5, 5.41) is 22.8. The minimum Gasteiger partial charge on any atom is -0.396 e. The average Bonchev–Trinajstić information content (AvgIpc) is 2.96. The van der Waals surface area contributed by atoms with E-state index in [1.54, 1.807) is 11.0 Å². The van der Waals surface area contributed by atoms with E-state index in [1.807, 2.05) is 4.90 Å². The minimum absolute atomic E-state index is 0.0203. The van der Waals surface area contributed by atoms with Crippen LogP contribution in [0.5, 0.6) is 0 Å². The molecule has 2 rings (SSSR count). The maximum Gasteiger partial charge on any atom is 0.317 e. The van der Waals surface area contributed by atoms with Crippen LogP contribution in [-0.4, -0.2) is 62.5 Å². The van der Waals surface area contributed by atoms with E-state index in [0.717, 1.165) is 32.4 Å². The topological polar surface area (TPSA) is 96.2 Å². The molecular weight excluding hydrogens is 248 g/mol. The number of nitrogens with one attached hydrogen (secondary N) is 1. The van der Waals surface area contributed by atoms with E-state index in [9.17, 15) is 4.79 Å². The maximum absolute atomic E-state index is 11.9. The quantitative estimate of drug-likeness (QED) is 0.700. The average molecular weight is 268 g/mol. The predicted molar refractivity (Wildman–Crippen MR) is 67.2 cm³/mol. The lowest BCUT2D eigenvalue weighted by Crippen LogP contribution is -2.45. The second kappa shape index (κ2) is 7.03. The molecule has 2 amide bonds. The van der Waals surface area contributed by atoms with Crippen molar-refractivity contribution in [3.8, 4) is 0 Å². The molecule has 8 nitrogen and oxygen atoms in total. The van der Waals surface area contributed by atoms with E-state index in [-0.39, 0.29) is 12.6 Å². The smallest absolute Gasteiger partial charge is 0.317 e. The number of amides is 2. The molecular formula is C11H20N6O2. The predicted octanol–water partition coefficient (Wildman–Crippen LogP) is -0.523. The van der Waals surface area contributed by atoms with Gasteiger partial charge in [-0.05, 0) is 35.6 Å². The molecule has 1 aliphatic rings. The minimum atomic E-state index is -0.0203. The standard InChI is InChI=1S/C11H20N6O2/c18-8-10-2-6-16(7-3-10)11(19)12-4-1-5-17-9-13-14-15-17/h9-10,18H,1-8H2,(H,12,19). The van der Waals surface area contributed by atoms with Gasteiger partial charge in [0.1, 0.15) is 6.33 Å². The number of aliphatic hydroxyl groups is 1. The number of rotatable bonds is 5. The zero-order valence-corrected chi connectivity index (χ0v) is 10.9. The number of piperidine rings is 1. The number of aliphatic hydroxyl groups excluding tert-OH is 1. The number of urea groups is 1. The number of carbonyl (C=O) groups excluding carboxylic acids is 1. The first-order valence-corrected chi connectivity index (χ1v) is 6.64. The summed E-state index contributed by atoms with van der Waals surface area (Å²) in [6.45, 7) is 2.98. The second-order valence-electron chi connectivity index (χ2n) is 4.77. The Morgan fingerprint density at radius 3 is 2.84 bits per heavy atom. The molecule has 1 fully saturated rings. The molecule has 1 aliphatic heterocycles. The fourth-order valence-electron chi connectivity index (χ4n) is 2.15. The zero-order chi connectivity index (χ0) is 13.5. The van der Waals surface area contributed by atoms with Gasteiger partial charge >= 0.3 is 6.03 Å². The monoisotopic (exact) mass is 268 g/mol. The first kappa shape index (κ1) is 13.7. The lowest BCUT2D eigenvalue weighted by Gasteiger charge is -2.31. The normalized spacial score (nSPS) is 16.6. The Labute approximate surface area is 111 Å². The van der Waals surface area contributed by atoms with Gasteiger partial charge in [0, 0.05) is 32.8 Å². The molecule has 2 N–H and O–H groups in total. The third-order valence-electron chi connectivity index (χ3n) is 3.39.